The molecule has 0 saturated carbocycles. The summed E-state index contributed by atoms with van der Waals surface area (Å²) in [5.74, 6) is 0. The van der Waals surface area contributed by atoms with Crippen molar-refractivity contribution >= 4 is 0 Å². The molecule has 10 heavy (non-hydrogen) atoms. The van der Waals surface area contributed by atoms with Crippen molar-refractivity contribution in [2.24, 2.45) is 5.73 Å². The smallest absolute Gasteiger partial charge is 0.166 e. The van der Waals surface area contributed by atoms with E-state index in [1.807, 2.05) is 0 Å². The second kappa shape index (κ2) is 11.6. The maximum atomic E-state index is 8.51. The van der Waals surface area contributed by atoms with Crippen LogP contribution in [-0.2, 0) is 4.74 Å². The van der Waals surface area contributed by atoms with Crippen LogP contribution in [0.15, 0.2) is 0 Å². The molecule has 0 spiro atoms. The number of rotatable bonds is 3. The van der Waals surface area contributed by atoms with Crippen LogP contribution >= 0.6 is 0 Å². The van der Waals surface area contributed by atoms with Crippen LogP contribution in [-0.4, -0.2) is 36.3 Å². The molecule has 4 heteroatoms. The van der Waals surface area contributed by atoms with E-state index >= 15 is 0 Å². The monoisotopic (exact) mass is 151 g/mol. The maximum Gasteiger partial charge on any atom is 0.166 e. The van der Waals surface area contributed by atoms with Crippen LogP contribution in [0.1, 0.15) is 13.8 Å². The van der Waals surface area contributed by atoms with Crippen molar-refractivity contribution in [3.63, 3.8) is 0 Å². The van der Waals surface area contributed by atoms with Crippen LogP contribution in [0.3, 0.4) is 0 Å². The zero-order valence-corrected chi connectivity index (χ0v) is 6.58. The highest BCUT2D eigenvalue weighted by Gasteiger charge is 1.94. The third-order valence-corrected chi connectivity index (χ3v) is 0.561. The van der Waals surface area contributed by atoms with Gasteiger partial charge in [0.2, 0.25) is 0 Å². The van der Waals surface area contributed by atoms with Crippen LogP contribution in [0, 0.1) is 0 Å². The molecule has 0 aromatic carbocycles. The normalized spacial score (nSPS) is 11.7. The molecule has 64 valence electrons. The zero-order valence-electron chi connectivity index (χ0n) is 6.58. The first-order chi connectivity index (χ1) is 4.72. The largest absolute Gasteiger partial charge is 0.397 e. The second-order valence-electron chi connectivity index (χ2n) is 1.46. The summed E-state index contributed by atoms with van der Waals surface area (Å²) in [5, 5.41) is 16.1. The van der Waals surface area contributed by atoms with Crippen molar-refractivity contribution in [3.8, 4) is 0 Å². The first-order valence-electron chi connectivity index (χ1n) is 3.33. The number of nitrogens with two attached hydrogens (primary N) is 1. The van der Waals surface area contributed by atoms with Gasteiger partial charge in [-0.05, 0) is 13.8 Å². The molecule has 0 aliphatic heterocycles. The van der Waals surface area contributed by atoms with Crippen molar-refractivity contribution in [2.45, 2.75) is 20.1 Å². The summed E-state index contributed by atoms with van der Waals surface area (Å²) < 4.78 is 4.62. The van der Waals surface area contributed by atoms with Gasteiger partial charge >= 0.3 is 0 Å². The summed E-state index contributed by atoms with van der Waals surface area (Å²) in [6.45, 7) is 4.42. The highest BCUT2D eigenvalue weighted by molar-refractivity contribution is 4.35. The van der Waals surface area contributed by atoms with E-state index in [1.165, 1.54) is 0 Å². The lowest BCUT2D eigenvalue weighted by Crippen LogP contribution is -2.22. The van der Waals surface area contributed by atoms with Gasteiger partial charge in [-0.2, -0.15) is 0 Å². The number of ether oxygens (including phenoxy) is 1. The predicted octanol–water partition coefficient (Wildman–Crippen LogP) is -0.701. The number of aliphatic hydroxyl groups excluding tert-OH is 2. The first-order valence-corrected chi connectivity index (χ1v) is 3.33. The van der Waals surface area contributed by atoms with E-state index in [4.69, 9.17) is 15.9 Å². The summed E-state index contributed by atoms with van der Waals surface area (Å²) >= 11 is 0. The Morgan fingerprint density at radius 2 is 1.90 bits per heavy atom. The molecule has 0 heterocycles. The Labute approximate surface area is 61.6 Å². The minimum atomic E-state index is -0.773. The Morgan fingerprint density at radius 1 is 1.50 bits per heavy atom. The molecule has 0 bridgehead atoms. The van der Waals surface area contributed by atoms with Gasteiger partial charge in [0.25, 0.3) is 0 Å². The molecule has 0 amide bonds. The van der Waals surface area contributed by atoms with Crippen LogP contribution in [0.4, 0.5) is 0 Å². The third-order valence-electron chi connectivity index (χ3n) is 0.561. The van der Waals surface area contributed by atoms with Crippen molar-refractivity contribution in [1.29, 1.82) is 0 Å². The van der Waals surface area contributed by atoms with E-state index in [0.717, 1.165) is 0 Å². The number of hydrogen-bond donors (Lipinski definition) is 3. The van der Waals surface area contributed by atoms with E-state index in [0.29, 0.717) is 6.61 Å². The molecule has 4 N–H and O–H groups in total. The van der Waals surface area contributed by atoms with E-state index < -0.39 is 6.29 Å². The Balaban J connectivity index is 0. The fourth-order valence-corrected chi connectivity index (χ4v) is 0.260. The van der Waals surface area contributed by atoms with Gasteiger partial charge in [-0.1, -0.05) is 0 Å². The summed E-state index contributed by atoms with van der Waals surface area (Å²) in [7, 11) is 0. The molecule has 4 nitrogen and oxygen atoms in total. The molecule has 0 aliphatic carbocycles. The van der Waals surface area contributed by atoms with E-state index in [-0.39, 0.29) is 13.2 Å². The van der Waals surface area contributed by atoms with Gasteiger partial charge in [0, 0.05) is 19.8 Å². The average molecular weight is 151 g/mol. The topological polar surface area (TPSA) is 75.7 Å². The lowest BCUT2D eigenvalue weighted by atomic mass is 10.6. The van der Waals surface area contributed by atoms with E-state index in [9.17, 15) is 0 Å². The van der Waals surface area contributed by atoms with Crippen LogP contribution in [0.25, 0.3) is 0 Å². The molecular weight excluding hydrogens is 134 g/mol. The zero-order chi connectivity index (χ0) is 8.41. The molecule has 0 fully saturated rings. The highest BCUT2D eigenvalue weighted by Crippen LogP contribution is 1.79. The summed E-state index contributed by atoms with van der Waals surface area (Å²) in [4.78, 5) is 0. The quantitative estimate of drug-likeness (QED) is 0.466. The lowest BCUT2D eigenvalue weighted by Gasteiger charge is -2.04. The van der Waals surface area contributed by atoms with Crippen LogP contribution in [0.2, 0.25) is 0 Å². The molecule has 0 aromatic rings. The highest BCUT2D eigenvalue weighted by atomic mass is 16.6. The molecule has 0 aliphatic rings. The summed E-state index contributed by atoms with van der Waals surface area (Å²) in [5.41, 5.74) is 4.98. The molecule has 0 radical (unpaired) electrons. The Kier molecular flexibility index (Phi) is 14.5. The Hall–Kier alpha value is -0.160. The molecule has 1 unspecified atom stereocenters. The number of aliphatic hydroxyl groups is 2. The van der Waals surface area contributed by atoms with Crippen LogP contribution < -0.4 is 5.73 Å². The van der Waals surface area contributed by atoms with Gasteiger partial charge in [0.05, 0.1) is 0 Å². The fraction of sp³-hybridized carbons (Fsp3) is 1.00. The van der Waals surface area contributed by atoms with Crippen molar-refractivity contribution < 1.29 is 14.9 Å². The van der Waals surface area contributed by atoms with Crippen LogP contribution in [0.5, 0.6) is 0 Å². The minimum absolute atomic E-state index is 0.174. The fourth-order valence-electron chi connectivity index (χ4n) is 0.260. The summed E-state index contributed by atoms with van der Waals surface area (Å²) in [6.07, 6.45) is -0.773. The van der Waals surface area contributed by atoms with Crippen molar-refractivity contribution in [1.82, 2.24) is 0 Å². The Bertz CT molecular complexity index is 52.3. The SMILES string of the molecule is CCO.CCOC(O)CN. The minimum Gasteiger partial charge on any atom is -0.397 e. The lowest BCUT2D eigenvalue weighted by molar-refractivity contribution is -0.0864. The predicted molar refractivity (Wildman–Crippen MR) is 39.4 cm³/mol. The molecule has 1 atom stereocenters. The Morgan fingerprint density at radius 3 is 2.00 bits per heavy atom. The third kappa shape index (κ3) is 15.7. The standard InChI is InChI=1S/C4H11NO2.C2H6O/c1-2-7-4(6)3-5;1-2-3/h4,6H,2-3,5H2,1H3;3H,2H2,1H3. The van der Waals surface area contributed by atoms with Gasteiger partial charge in [-0.15, -0.1) is 0 Å². The molecule has 0 rings (SSSR count). The van der Waals surface area contributed by atoms with Gasteiger partial charge in [-0.25, -0.2) is 0 Å². The molecule has 0 saturated heterocycles. The van der Waals surface area contributed by atoms with E-state index in [2.05, 4.69) is 4.74 Å². The first kappa shape index (κ1) is 12.5. The molecular formula is C6H17NO3. The van der Waals surface area contributed by atoms with Gasteiger partial charge < -0.3 is 20.7 Å². The van der Waals surface area contributed by atoms with E-state index in [1.54, 1.807) is 13.8 Å². The van der Waals surface area contributed by atoms with Gasteiger partial charge in [-0.3, -0.25) is 0 Å². The second-order valence-corrected chi connectivity index (χ2v) is 1.46. The van der Waals surface area contributed by atoms with Gasteiger partial charge in [0.1, 0.15) is 0 Å². The number of hydrogen-bond acceptors (Lipinski definition) is 4. The van der Waals surface area contributed by atoms with Gasteiger partial charge in [0.15, 0.2) is 6.29 Å². The average Bonchev–Trinajstić information content (AvgIpc) is 1.90. The maximum absolute atomic E-state index is 8.51. The molecule has 0 aromatic heterocycles. The van der Waals surface area contributed by atoms with Crippen molar-refractivity contribution in [3.05, 3.63) is 0 Å². The summed E-state index contributed by atoms with van der Waals surface area (Å²) in [6, 6.07) is 0. The van der Waals surface area contributed by atoms with Crippen molar-refractivity contribution in [2.75, 3.05) is 19.8 Å².